The summed E-state index contributed by atoms with van der Waals surface area (Å²) in [6.45, 7) is 2.96. The summed E-state index contributed by atoms with van der Waals surface area (Å²) in [5.41, 5.74) is 2.37. The Labute approximate surface area is 226 Å². The lowest BCUT2D eigenvalue weighted by molar-refractivity contribution is -0.122. The van der Waals surface area contributed by atoms with Crippen LogP contribution in [0.25, 0.3) is 17.4 Å². The third-order valence-electron chi connectivity index (χ3n) is 6.53. The van der Waals surface area contributed by atoms with Gasteiger partial charge in [-0.05, 0) is 56.3 Å². The minimum Gasteiger partial charge on any atom is -0.462 e. The molecule has 1 amide bonds. The van der Waals surface area contributed by atoms with Crippen LogP contribution in [-0.4, -0.2) is 52.7 Å². The lowest BCUT2D eigenvalue weighted by Gasteiger charge is -2.29. The number of benzene rings is 2. The highest BCUT2D eigenvalue weighted by molar-refractivity contribution is 8.26. The normalized spacial score (nSPS) is 19.5. The Balaban J connectivity index is 1.20. The zero-order valence-corrected chi connectivity index (χ0v) is 22.2. The summed E-state index contributed by atoms with van der Waals surface area (Å²) in [6, 6.07) is 20.6. The van der Waals surface area contributed by atoms with Crippen molar-refractivity contribution in [1.82, 2.24) is 9.80 Å². The van der Waals surface area contributed by atoms with Gasteiger partial charge in [0.2, 0.25) is 0 Å². The van der Waals surface area contributed by atoms with Gasteiger partial charge in [-0.15, -0.1) is 0 Å². The van der Waals surface area contributed by atoms with Gasteiger partial charge in [-0.25, -0.2) is 4.79 Å². The molecule has 2 aliphatic rings. The first kappa shape index (κ1) is 25.4. The molecule has 2 saturated heterocycles. The summed E-state index contributed by atoms with van der Waals surface area (Å²) in [4.78, 5) is 29.8. The molecule has 2 aliphatic heterocycles. The van der Waals surface area contributed by atoms with Crippen molar-refractivity contribution in [2.45, 2.75) is 19.4 Å². The predicted octanol–water partition coefficient (Wildman–Crippen LogP) is 5.85. The van der Waals surface area contributed by atoms with Crippen molar-refractivity contribution in [3.8, 4) is 11.3 Å². The van der Waals surface area contributed by atoms with Crippen LogP contribution >= 0.6 is 24.0 Å². The van der Waals surface area contributed by atoms with Crippen molar-refractivity contribution >= 4 is 46.3 Å². The molecule has 0 N–H and O–H groups in total. The number of thiocarbonyl (C=S) groups is 1. The van der Waals surface area contributed by atoms with Gasteiger partial charge >= 0.3 is 5.97 Å². The first-order chi connectivity index (χ1) is 18.0. The van der Waals surface area contributed by atoms with Crippen molar-refractivity contribution in [1.29, 1.82) is 0 Å². The van der Waals surface area contributed by atoms with E-state index in [2.05, 4.69) is 11.9 Å². The van der Waals surface area contributed by atoms with E-state index in [-0.39, 0.29) is 11.9 Å². The van der Waals surface area contributed by atoms with Crippen LogP contribution in [0.3, 0.4) is 0 Å². The molecule has 5 rings (SSSR count). The van der Waals surface area contributed by atoms with E-state index in [1.54, 1.807) is 23.1 Å². The predicted molar refractivity (Wildman–Crippen MR) is 150 cm³/mol. The third-order valence-corrected chi connectivity index (χ3v) is 7.91. The molecule has 8 heteroatoms. The molecular weight excluding hydrogens is 504 g/mol. The molecule has 1 aromatic heterocycles. The van der Waals surface area contributed by atoms with Crippen molar-refractivity contribution in [2.24, 2.45) is 5.92 Å². The standard InChI is InChI=1S/C29H28N2O4S2/c1-30-15-5-8-21(17-30)19-34-28(33)23-11-9-22(10-12-23)25-14-13-24(35-25)16-26-27(32)31(29(36)37-26)18-20-6-3-2-4-7-20/h2-4,6-7,9-14,16,21H,5,8,15,17-19H2,1H3/b26-16+. The van der Waals surface area contributed by atoms with Crippen LogP contribution in [0.15, 0.2) is 76.1 Å². The Hall–Kier alpha value is -3.20. The number of carbonyl (C=O) groups is 2. The van der Waals surface area contributed by atoms with Crippen LogP contribution in [-0.2, 0) is 16.1 Å². The quantitative estimate of drug-likeness (QED) is 0.215. The highest BCUT2D eigenvalue weighted by Crippen LogP contribution is 2.34. The van der Waals surface area contributed by atoms with Gasteiger partial charge in [-0.2, -0.15) is 0 Å². The van der Waals surface area contributed by atoms with Crippen LogP contribution in [0.1, 0.15) is 34.5 Å². The van der Waals surface area contributed by atoms with E-state index in [4.69, 9.17) is 21.4 Å². The summed E-state index contributed by atoms with van der Waals surface area (Å²) in [5, 5.41) is 0. The SMILES string of the molecule is CN1CCCC(COC(=O)c2ccc(-c3ccc(/C=C4/SC(=S)N(Cc5ccccc5)C4=O)o3)cc2)C1. The van der Waals surface area contributed by atoms with Crippen LogP contribution in [0.4, 0.5) is 0 Å². The molecule has 190 valence electrons. The molecule has 0 saturated carbocycles. The van der Waals surface area contributed by atoms with E-state index in [9.17, 15) is 9.59 Å². The van der Waals surface area contributed by atoms with Crippen LogP contribution in [0.5, 0.6) is 0 Å². The Morgan fingerprint density at radius 1 is 1.14 bits per heavy atom. The Morgan fingerprint density at radius 3 is 2.68 bits per heavy atom. The topological polar surface area (TPSA) is 63.0 Å². The van der Waals surface area contributed by atoms with E-state index in [1.165, 1.54) is 11.8 Å². The van der Waals surface area contributed by atoms with Crippen molar-refractivity contribution < 1.29 is 18.7 Å². The minimum atomic E-state index is -0.308. The number of thioether (sulfide) groups is 1. The molecule has 0 aliphatic carbocycles. The van der Waals surface area contributed by atoms with Crippen LogP contribution in [0.2, 0.25) is 0 Å². The lowest BCUT2D eigenvalue weighted by Crippen LogP contribution is -2.34. The van der Waals surface area contributed by atoms with E-state index < -0.39 is 0 Å². The number of piperidine rings is 1. The first-order valence-electron chi connectivity index (χ1n) is 12.3. The number of hydrogen-bond donors (Lipinski definition) is 0. The number of ether oxygens (including phenoxy) is 1. The summed E-state index contributed by atoms with van der Waals surface area (Å²) >= 11 is 6.72. The molecule has 3 aromatic rings. The second-order valence-corrected chi connectivity index (χ2v) is 11.1. The number of carbonyl (C=O) groups excluding carboxylic acids is 2. The van der Waals surface area contributed by atoms with Gasteiger partial charge in [0.25, 0.3) is 5.91 Å². The van der Waals surface area contributed by atoms with E-state index in [0.29, 0.717) is 45.4 Å². The van der Waals surface area contributed by atoms with E-state index in [0.717, 1.165) is 37.1 Å². The number of hydrogen-bond acceptors (Lipinski definition) is 7. The number of likely N-dealkylation sites (tertiary alicyclic amines) is 1. The van der Waals surface area contributed by atoms with E-state index in [1.807, 2.05) is 54.6 Å². The molecule has 1 atom stereocenters. The van der Waals surface area contributed by atoms with Gasteiger partial charge in [0.05, 0.1) is 23.6 Å². The minimum absolute atomic E-state index is 0.125. The Bertz CT molecular complexity index is 1320. The molecule has 6 nitrogen and oxygen atoms in total. The molecule has 0 bridgehead atoms. The highest BCUT2D eigenvalue weighted by Gasteiger charge is 2.32. The molecule has 1 unspecified atom stereocenters. The van der Waals surface area contributed by atoms with E-state index >= 15 is 0 Å². The lowest BCUT2D eigenvalue weighted by atomic mass is 9.99. The monoisotopic (exact) mass is 532 g/mol. The fraction of sp³-hybridized carbons (Fsp3) is 0.276. The Morgan fingerprint density at radius 2 is 1.92 bits per heavy atom. The summed E-state index contributed by atoms with van der Waals surface area (Å²) in [7, 11) is 2.10. The number of rotatable bonds is 7. The zero-order chi connectivity index (χ0) is 25.8. The van der Waals surface area contributed by atoms with Crippen molar-refractivity contribution in [3.05, 3.63) is 88.5 Å². The first-order valence-corrected chi connectivity index (χ1v) is 13.5. The van der Waals surface area contributed by atoms with Crippen LogP contribution < -0.4 is 0 Å². The van der Waals surface area contributed by atoms with Gasteiger partial charge in [0.1, 0.15) is 15.8 Å². The fourth-order valence-corrected chi connectivity index (χ4v) is 5.81. The number of furan rings is 1. The number of amides is 1. The second-order valence-electron chi connectivity index (χ2n) is 9.40. The van der Waals surface area contributed by atoms with Crippen molar-refractivity contribution in [2.75, 3.05) is 26.7 Å². The zero-order valence-electron chi connectivity index (χ0n) is 20.6. The van der Waals surface area contributed by atoms with Crippen LogP contribution in [0, 0.1) is 5.92 Å². The maximum Gasteiger partial charge on any atom is 0.338 e. The average molecular weight is 533 g/mol. The van der Waals surface area contributed by atoms with Gasteiger partial charge in [-0.3, -0.25) is 9.69 Å². The third kappa shape index (κ3) is 6.21. The summed E-state index contributed by atoms with van der Waals surface area (Å²) < 4.78 is 12.1. The molecule has 2 aromatic carbocycles. The van der Waals surface area contributed by atoms with Gasteiger partial charge < -0.3 is 14.1 Å². The second kappa shape index (κ2) is 11.5. The molecule has 2 fully saturated rings. The maximum absolute atomic E-state index is 12.9. The van der Waals surface area contributed by atoms with Gasteiger partial charge in [0, 0.05) is 24.1 Å². The molecule has 3 heterocycles. The molecule has 0 spiro atoms. The number of esters is 1. The number of nitrogens with zero attached hydrogens (tertiary/aromatic N) is 2. The largest absolute Gasteiger partial charge is 0.462 e. The molecule has 0 radical (unpaired) electrons. The fourth-order valence-electron chi connectivity index (χ4n) is 4.57. The maximum atomic E-state index is 12.9. The highest BCUT2D eigenvalue weighted by atomic mass is 32.2. The molecular formula is C29H28N2O4S2. The van der Waals surface area contributed by atoms with Gasteiger partial charge in [-0.1, -0.05) is 66.4 Å². The van der Waals surface area contributed by atoms with Gasteiger partial charge in [0.15, 0.2) is 0 Å². The smallest absolute Gasteiger partial charge is 0.338 e. The molecule has 37 heavy (non-hydrogen) atoms. The Kier molecular flexibility index (Phi) is 7.88. The summed E-state index contributed by atoms with van der Waals surface area (Å²) in [6.07, 6.45) is 3.96. The average Bonchev–Trinajstić information content (AvgIpc) is 3.48. The van der Waals surface area contributed by atoms with Crippen molar-refractivity contribution in [3.63, 3.8) is 0 Å². The summed E-state index contributed by atoms with van der Waals surface area (Å²) in [5.74, 6) is 1.17.